The van der Waals surface area contributed by atoms with Crippen LogP contribution < -0.4 is 10.6 Å². The molecular weight excluding hydrogens is 284 g/mol. The SMILES string of the molecule is CCn1cc(NC(=O)c2ccco2)c(C(=O)NCC(C)C)n1. The fourth-order valence-electron chi connectivity index (χ4n) is 1.81. The van der Waals surface area contributed by atoms with Crippen LogP contribution in [0.3, 0.4) is 0 Å². The van der Waals surface area contributed by atoms with Crippen LogP contribution in [0.15, 0.2) is 29.0 Å². The largest absolute Gasteiger partial charge is 0.459 e. The highest BCUT2D eigenvalue weighted by Crippen LogP contribution is 2.15. The van der Waals surface area contributed by atoms with Gasteiger partial charge in [0.2, 0.25) is 0 Å². The average molecular weight is 304 g/mol. The van der Waals surface area contributed by atoms with Gasteiger partial charge in [0.25, 0.3) is 11.8 Å². The summed E-state index contributed by atoms with van der Waals surface area (Å²) in [6.45, 7) is 7.06. The zero-order chi connectivity index (χ0) is 16.1. The number of furan rings is 1. The molecule has 0 saturated heterocycles. The molecule has 0 fully saturated rings. The molecule has 7 nitrogen and oxygen atoms in total. The van der Waals surface area contributed by atoms with E-state index >= 15 is 0 Å². The Labute approximate surface area is 128 Å². The maximum absolute atomic E-state index is 12.2. The monoisotopic (exact) mass is 304 g/mol. The minimum Gasteiger partial charge on any atom is -0.459 e. The van der Waals surface area contributed by atoms with Crippen LogP contribution in [-0.4, -0.2) is 28.1 Å². The summed E-state index contributed by atoms with van der Waals surface area (Å²) >= 11 is 0. The van der Waals surface area contributed by atoms with Crippen LogP contribution in [0.25, 0.3) is 0 Å². The maximum atomic E-state index is 12.2. The number of rotatable bonds is 6. The topological polar surface area (TPSA) is 89.2 Å². The first kappa shape index (κ1) is 15.8. The highest BCUT2D eigenvalue weighted by molar-refractivity contribution is 6.06. The summed E-state index contributed by atoms with van der Waals surface area (Å²) in [6.07, 6.45) is 3.05. The summed E-state index contributed by atoms with van der Waals surface area (Å²) in [5, 5.41) is 9.65. The van der Waals surface area contributed by atoms with E-state index in [1.165, 1.54) is 6.26 Å². The van der Waals surface area contributed by atoms with Gasteiger partial charge < -0.3 is 15.1 Å². The predicted octanol–water partition coefficient (Wildman–Crippen LogP) is 2.13. The van der Waals surface area contributed by atoms with Crippen molar-refractivity contribution in [1.29, 1.82) is 0 Å². The van der Waals surface area contributed by atoms with E-state index in [1.54, 1.807) is 23.0 Å². The lowest BCUT2D eigenvalue weighted by Gasteiger charge is -2.07. The van der Waals surface area contributed by atoms with Gasteiger partial charge in [0, 0.05) is 19.3 Å². The second-order valence-corrected chi connectivity index (χ2v) is 5.28. The molecule has 2 amide bonds. The summed E-state index contributed by atoms with van der Waals surface area (Å²) < 4.78 is 6.64. The Morgan fingerprint density at radius 1 is 1.36 bits per heavy atom. The van der Waals surface area contributed by atoms with E-state index in [2.05, 4.69) is 15.7 Å². The van der Waals surface area contributed by atoms with Crippen LogP contribution >= 0.6 is 0 Å². The predicted molar refractivity (Wildman–Crippen MR) is 81.7 cm³/mol. The van der Waals surface area contributed by atoms with Gasteiger partial charge in [-0.25, -0.2) is 0 Å². The summed E-state index contributed by atoms with van der Waals surface area (Å²) in [5.74, 6) is -0.217. The highest BCUT2D eigenvalue weighted by atomic mass is 16.3. The van der Waals surface area contributed by atoms with Crippen molar-refractivity contribution in [3.8, 4) is 0 Å². The third-order valence-electron chi connectivity index (χ3n) is 2.96. The van der Waals surface area contributed by atoms with Crippen LogP contribution in [0.1, 0.15) is 41.8 Å². The smallest absolute Gasteiger partial charge is 0.291 e. The molecule has 0 radical (unpaired) electrons. The first-order valence-corrected chi connectivity index (χ1v) is 7.21. The Bertz CT molecular complexity index is 644. The molecule has 0 atom stereocenters. The average Bonchev–Trinajstić information content (AvgIpc) is 3.13. The number of nitrogens with zero attached hydrogens (tertiary/aromatic N) is 2. The van der Waals surface area contributed by atoms with Gasteiger partial charge in [0.15, 0.2) is 11.5 Å². The Balaban J connectivity index is 2.17. The van der Waals surface area contributed by atoms with Gasteiger partial charge in [-0.15, -0.1) is 0 Å². The van der Waals surface area contributed by atoms with E-state index in [-0.39, 0.29) is 17.4 Å². The molecular formula is C15H20N4O3. The van der Waals surface area contributed by atoms with Crippen molar-refractivity contribution in [2.24, 2.45) is 5.92 Å². The molecule has 2 N–H and O–H groups in total. The highest BCUT2D eigenvalue weighted by Gasteiger charge is 2.19. The Morgan fingerprint density at radius 2 is 2.14 bits per heavy atom. The molecule has 0 aliphatic heterocycles. The summed E-state index contributed by atoms with van der Waals surface area (Å²) in [5.41, 5.74) is 0.562. The summed E-state index contributed by atoms with van der Waals surface area (Å²) in [6, 6.07) is 3.18. The number of anilines is 1. The van der Waals surface area contributed by atoms with Gasteiger partial charge in [-0.3, -0.25) is 14.3 Å². The van der Waals surface area contributed by atoms with E-state index in [0.717, 1.165) is 0 Å². The number of aromatic nitrogens is 2. The number of hydrogen-bond acceptors (Lipinski definition) is 4. The van der Waals surface area contributed by atoms with Crippen LogP contribution in [0.4, 0.5) is 5.69 Å². The standard InChI is InChI=1S/C15H20N4O3/c1-4-19-9-11(17-14(20)12-6-5-7-22-12)13(18-19)15(21)16-8-10(2)3/h5-7,9-10H,4,8H2,1-3H3,(H,16,21)(H,17,20). The fourth-order valence-corrected chi connectivity index (χ4v) is 1.81. The van der Waals surface area contributed by atoms with Gasteiger partial charge in [-0.1, -0.05) is 13.8 Å². The molecule has 0 aliphatic carbocycles. The number of carbonyl (C=O) groups excluding carboxylic acids is 2. The molecule has 0 aromatic carbocycles. The zero-order valence-electron chi connectivity index (χ0n) is 12.9. The molecule has 2 aromatic heterocycles. The Hall–Kier alpha value is -2.57. The van der Waals surface area contributed by atoms with Crippen molar-refractivity contribution in [1.82, 2.24) is 15.1 Å². The molecule has 2 aromatic rings. The molecule has 118 valence electrons. The Kier molecular flexibility index (Phi) is 4.98. The summed E-state index contributed by atoms with van der Waals surface area (Å²) in [7, 11) is 0. The van der Waals surface area contributed by atoms with Crippen molar-refractivity contribution in [3.05, 3.63) is 36.0 Å². The van der Waals surface area contributed by atoms with Crippen molar-refractivity contribution in [2.75, 3.05) is 11.9 Å². The molecule has 0 spiro atoms. The van der Waals surface area contributed by atoms with E-state index < -0.39 is 5.91 Å². The third-order valence-corrected chi connectivity index (χ3v) is 2.96. The quantitative estimate of drug-likeness (QED) is 0.855. The molecule has 2 heterocycles. The van der Waals surface area contributed by atoms with Gasteiger partial charge in [-0.05, 0) is 25.0 Å². The minimum absolute atomic E-state index is 0.179. The fraction of sp³-hybridized carbons (Fsp3) is 0.400. The Morgan fingerprint density at radius 3 is 2.73 bits per heavy atom. The van der Waals surface area contributed by atoms with Crippen molar-refractivity contribution in [3.63, 3.8) is 0 Å². The lowest BCUT2D eigenvalue weighted by molar-refractivity contribution is 0.0944. The first-order chi connectivity index (χ1) is 10.5. The molecule has 22 heavy (non-hydrogen) atoms. The van der Waals surface area contributed by atoms with Crippen molar-refractivity contribution in [2.45, 2.75) is 27.3 Å². The molecule has 0 aliphatic rings. The van der Waals surface area contributed by atoms with Gasteiger partial charge >= 0.3 is 0 Å². The number of carbonyl (C=O) groups is 2. The normalized spacial score (nSPS) is 10.7. The van der Waals surface area contributed by atoms with E-state index in [0.29, 0.717) is 24.7 Å². The minimum atomic E-state index is -0.418. The summed E-state index contributed by atoms with van der Waals surface area (Å²) in [4.78, 5) is 24.2. The van der Waals surface area contributed by atoms with Crippen LogP contribution in [-0.2, 0) is 6.54 Å². The van der Waals surface area contributed by atoms with Gasteiger partial charge in [0.1, 0.15) is 0 Å². The first-order valence-electron chi connectivity index (χ1n) is 7.21. The molecule has 0 unspecified atom stereocenters. The van der Waals surface area contributed by atoms with Crippen molar-refractivity contribution >= 4 is 17.5 Å². The van der Waals surface area contributed by atoms with E-state index in [4.69, 9.17) is 4.42 Å². The van der Waals surface area contributed by atoms with Crippen LogP contribution in [0, 0.1) is 5.92 Å². The number of aryl methyl sites for hydroxylation is 1. The lowest BCUT2D eigenvalue weighted by atomic mass is 10.2. The second-order valence-electron chi connectivity index (χ2n) is 5.28. The van der Waals surface area contributed by atoms with Gasteiger partial charge in [0.05, 0.1) is 12.0 Å². The lowest BCUT2D eigenvalue weighted by Crippen LogP contribution is -2.28. The van der Waals surface area contributed by atoms with Gasteiger partial charge in [-0.2, -0.15) is 5.10 Å². The molecule has 7 heteroatoms. The number of nitrogens with one attached hydrogen (secondary N) is 2. The number of hydrogen-bond donors (Lipinski definition) is 2. The third kappa shape index (κ3) is 3.75. The van der Waals surface area contributed by atoms with Crippen LogP contribution in [0.5, 0.6) is 0 Å². The molecule has 2 rings (SSSR count). The van der Waals surface area contributed by atoms with E-state index in [1.807, 2.05) is 20.8 Å². The molecule has 0 bridgehead atoms. The molecule has 0 saturated carbocycles. The maximum Gasteiger partial charge on any atom is 0.291 e. The second kappa shape index (κ2) is 6.93. The zero-order valence-corrected chi connectivity index (χ0v) is 12.9. The van der Waals surface area contributed by atoms with Crippen LogP contribution in [0.2, 0.25) is 0 Å². The van der Waals surface area contributed by atoms with E-state index in [9.17, 15) is 9.59 Å². The van der Waals surface area contributed by atoms with Crippen molar-refractivity contribution < 1.29 is 14.0 Å². The number of amides is 2.